The van der Waals surface area contributed by atoms with E-state index in [-0.39, 0.29) is 0 Å². The van der Waals surface area contributed by atoms with Crippen molar-refractivity contribution in [3.8, 4) is 10.6 Å². The number of rotatable bonds is 1. The Morgan fingerprint density at radius 3 is 2.62 bits per heavy atom. The third kappa shape index (κ3) is 1.61. The van der Waals surface area contributed by atoms with Gasteiger partial charge in [0, 0.05) is 10.3 Å². The van der Waals surface area contributed by atoms with Crippen LogP contribution in [0.2, 0.25) is 0 Å². The number of aromatic nitrogens is 1. The van der Waals surface area contributed by atoms with Crippen molar-refractivity contribution in [2.75, 3.05) is 0 Å². The summed E-state index contributed by atoms with van der Waals surface area (Å²) in [4.78, 5) is 7.23. The zero-order valence-electron chi connectivity index (χ0n) is 8.97. The Balaban J connectivity index is 2.18. The fraction of sp³-hybridized carbons (Fsp3) is 0.0714. The molecule has 2 heteroatoms. The molecule has 78 valence electrons. The molecule has 0 aliphatic heterocycles. The molecule has 16 heavy (non-hydrogen) atoms. The Labute approximate surface area is 98.4 Å². The number of nitrogens with zero attached hydrogens (tertiary/aromatic N) is 1. The molecule has 0 saturated carbocycles. The average molecular weight is 225 g/mol. The van der Waals surface area contributed by atoms with Gasteiger partial charge in [0.1, 0.15) is 0 Å². The Morgan fingerprint density at radius 2 is 1.81 bits per heavy atom. The van der Waals surface area contributed by atoms with Crippen molar-refractivity contribution in [1.82, 2.24) is 4.98 Å². The molecule has 1 nitrogen and oxygen atoms in total. The van der Waals surface area contributed by atoms with E-state index in [1.807, 2.05) is 12.1 Å². The average Bonchev–Trinajstić information content (AvgIpc) is 2.75. The molecule has 0 aliphatic rings. The van der Waals surface area contributed by atoms with Crippen LogP contribution >= 0.6 is 11.3 Å². The molecule has 2 aromatic heterocycles. The van der Waals surface area contributed by atoms with Crippen LogP contribution in [0.15, 0.2) is 48.5 Å². The van der Waals surface area contributed by atoms with Crippen LogP contribution in [0, 0.1) is 6.92 Å². The second-order valence-electron chi connectivity index (χ2n) is 3.80. The van der Waals surface area contributed by atoms with Gasteiger partial charge in [0.2, 0.25) is 0 Å². The van der Waals surface area contributed by atoms with Crippen molar-refractivity contribution in [3.63, 3.8) is 0 Å². The third-order valence-corrected chi connectivity index (χ3v) is 3.61. The maximum absolute atomic E-state index is 4.67. The second-order valence-corrected chi connectivity index (χ2v) is 5.09. The van der Waals surface area contributed by atoms with Crippen LogP contribution in [0.1, 0.15) is 4.88 Å². The molecular formula is C14H11NS. The van der Waals surface area contributed by atoms with Gasteiger partial charge in [0.15, 0.2) is 0 Å². The number of hydrogen-bond acceptors (Lipinski definition) is 2. The van der Waals surface area contributed by atoms with E-state index in [1.165, 1.54) is 15.1 Å². The summed E-state index contributed by atoms with van der Waals surface area (Å²) in [6.07, 6.45) is 0. The van der Waals surface area contributed by atoms with Crippen molar-refractivity contribution < 1.29 is 0 Å². The van der Waals surface area contributed by atoms with Gasteiger partial charge in [-0.05, 0) is 31.2 Å². The summed E-state index contributed by atoms with van der Waals surface area (Å²) in [6.45, 7) is 2.12. The molecule has 1 aromatic carbocycles. The summed E-state index contributed by atoms with van der Waals surface area (Å²) in [6, 6.07) is 16.7. The van der Waals surface area contributed by atoms with E-state index in [1.54, 1.807) is 11.3 Å². The topological polar surface area (TPSA) is 12.9 Å². The number of para-hydroxylation sites is 1. The predicted molar refractivity (Wildman–Crippen MR) is 69.8 cm³/mol. The van der Waals surface area contributed by atoms with E-state index in [0.29, 0.717) is 0 Å². The lowest BCUT2D eigenvalue weighted by Gasteiger charge is -2.00. The molecule has 0 N–H and O–H groups in total. The molecule has 2 heterocycles. The molecule has 0 bridgehead atoms. The van der Waals surface area contributed by atoms with E-state index in [4.69, 9.17) is 0 Å². The van der Waals surface area contributed by atoms with Crippen LogP contribution in [-0.2, 0) is 0 Å². The van der Waals surface area contributed by atoms with Crippen LogP contribution in [0.5, 0.6) is 0 Å². The molecule has 0 fully saturated rings. The van der Waals surface area contributed by atoms with Gasteiger partial charge in [-0.2, -0.15) is 0 Å². The quantitative estimate of drug-likeness (QED) is 0.602. The highest BCUT2D eigenvalue weighted by molar-refractivity contribution is 7.15. The Kier molecular flexibility index (Phi) is 2.22. The lowest BCUT2D eigenvalue weighted by atomic mass is 10.2. The van der Waals surface area contributed by atoms with Gasteiger partial charge in [-0.25, -0.2) is 4.98 Å². The lowest BCUT2D eigenvalue weighted by molar-refractivity contribution is 1.42. The summed E-state index contributed by atoms with van der Waals surface area (Å²) in [7, 11) is 0. The molecule has 0 atom stereocenters. The fourth-order valence-corrected chi connectivity index (χ4v) is 2.61. The summed E-state index contributed by atoms with van der Waals surface area (Å²) >= 11 is 1.79. The molecular weight excluding hydrogens is 214 g/mol. The number of pyridine rings is 1. The van der Waals surface area contributed by atoms with Crippen molar-refractivity contribution in [1.29, 1.82) is 0 Å². The number of hydrogen-bond donors (Lipinski definition) is 0. The molecule has 0 aliphatic carbocycles. The van der Waals surface area contributed by atoms with Gasteiger partial charge >= 0.3 is 0 Å². The van der Waals surface area contributed by atoms with Crippen molar-refractivity contribution in [2.24, 2.45) is 0 Å². The van der Waals surface area contributed by atoms with Gasteiger partial charge in [-0.1, -0.05) is 24.3 Å². The number of aryl methyl sites for hydroxylation is 1. The van der Waals surface area contributed by atoms with Gasteiger partial charge in [-0.3, -0.25) is 0 Å². The van der Waals surface area contributed by atoms with E-state index < -0.39 is 0 Å². The first-order valence-electron chi connectivity index (χ1n) is 5.25. The zero-order valence-corrected chi connectivity index (χ0v) is 9.79. The van der Waals surface area contributed by atoms with Crippen LogP contribution in [0.3, 0.4) is 0 Å². The monoisotopic (exact) mass is 225 g/mol. The minimum Gasteiger partial charge on any atom is -0.247 e. The number of thiophene rings is 1. The van der Waals surface area contributed by atoms with Crippen LogP contribution < -0.4 is 0 Å². The summed E-state index contributed by atoms with van der Waals surface area (Å²) < 4.78 is 0. The van der Waals surface area contributed by atoms with E-state index in [2.05, 4.69) is 48.3 Å². The number of fused-ring (bicyclic) bond motifs is 1. The third-order valence-electron chi connectivity index (χ3n) is 2.59. The van der Waals surface area contributed by atoms with Crippen LogP contribution in [0.4, 0.5) is 0 Å². The zero-order chi connectivity index (χ0) is 11.0. The molecule has 0 saturated heterocycles. The molecule has 3 aromatic rings. The summed E-state index contributed by atoms with van der Waals surface area (Å²) in [5, 5.41) is 1.19. The van der Waals surface area contributed by atoms with Crippen LogP contribution in [0.25, 0.3) is 21.5 Å². The first kappa shape index (κ1) is 9.55. The van der Waals surface area contributed by atoms with Crippen molar-refractivity contribution >= 4 is 22.2 Å². The summed E-state index contributed by atoms with van der Waals surface area (Å²) in [5.41, 5.74) is 2.13. The van der Waals surface area contributed by atoms with Gasteiger partial charge in [-0.15, -0.1) is 11.3 Å². The highest BCUT2D eigenvalue weighted by atomic mass is 32.1. The minimum atomic E-state index is 1.06. The minimum absolute atomic E-state index is 1.06. The van der Waals surface area contributed by atoms with Gasteiger partial charge in [0.05, 0.1) is 16.1 Å². The van der Waals surface area contributed by atoms with Crippen LogP contribution in [-0.4, -0.2) is 4.98 Å². The van der Waals surface area contributed by atoms with Gasteiger partial charge < -0.3 is 0 Å². The first-order valence-corrected chi connectivity index (χ1v) is 6.07. The van der Waals surface area contributed by atoms with E-state index in [0.717, 1.165) is 11.2 Å². The highest BCUT2D eigenvalue weighted by Crippen LogP contribution is 2.27. The second kappa shape index (κ2) is 3.72. The standard InChI is InChI=1S/C14H11NS/c1-10-6-9-14(16-10)13-8-7-11-4-2-3-5-12(11)15-13/h2-9H,1H3. The molecule has 0 unspecified atom stereocenters. The van der Waals surface area contributed by atoms with E-state index in [9.17, 15) is 0 Å². The fourth-order valence-electron chi connectivity index (χ4n) is 1.78. The lowest BCUT2D eigenvalue weighted by Crippen LogP contribution is -1.81. The maximum atomic E-state index is 4.67. The first-order chi connectivity index (χ1) is 7.83. The Hall–Kier alpha value is -1.67. The number of benzene rings is 1. The Bertz CT molecular complexity index is 640. The molecule has 0 radical (unpaired) electrons. The predicted octanol–water partition coefficient (Wildman–Crippen LogP) is 4.27. The highest BCUT2D eigenvalue weighted by Gasteiger charge is 2.02. The van der Waals surface area contributed by atoms with Crippen molar-refractivity contribution in [2.45, 2.75) is 6.92 Å². The molecule has 3 rings (SSSR count). The maximum Gasteiger partial charge on any atom is 0.0809 e. The Morgan fingerprint density at radius 1 is 0.938 bits per heavy atom. The molecule has 0 amide bonds. The summed E-state index contributed by atoms with van der Waals surface area (Å²) in [5.74, 6) is 0. The SMILES string of the molecule is Cc1ccc(-c2ccc3ccccc3n2)s1. The molecule has 0 spiro atoms. The largest absolute Gasteiger partial charge is 0.247 e. The van der Waals surface area contributed by atoms with E-state index >= 15 is 0 Å². The van der Waals surface area contributed by atoms with Crippen molar-refractivity contribution in [3.05, 3.63) is 53.4 Å². The van der Waals surface area contributed by atoms with Gasteiger partial charge in [0.25, 0.3) is 0 Å². The smallest absolute Gasteiger partial charge is 0.0809 e. The normalized spacial score (nSPS) is 10.8.